The molecule has 0 amide bonds. The van der Waals surface area contributed by atoms with Crippen LogP contribution in [-0.2, 0) is 12.0 Å². The number of allylic oxidation sites excluding steroid dienone is 4. The van der Waals surface area contributed by atoms with E-state index in [4.69, 9.17) is 10.7 Å². The van der Waals surface area contributed by atoms with Gasteiger partial charge in [0.1, 0.15) is 0 Å². The number of thiophene rings is 1. The Hall–Kier alpha value is -2.55. The summed E-state index contributed by atoms with van der Waals surface area (Å²) in [5, 5.41) is 9.97. The van der Waals surface area contributed by atoms with Gasteiger partial charge in [0, 0.05) is 15.5 Å². The smallest absolute Gasteiger partial charge is 0.154 e. The van der Waals surface area contributed by atoms with Crippen molar-refractivity contribution in [3.8, 4) is 16.5 Å². The molecular weight excluding hydrogens is 406 g/mol. The summed E-state index contributed by atoms with van der Waals surface area (Å²) < 4.78 is 0. The molecule has 1 aromatic carbocycles. The first-order valence-electron chi connectivity index (χ1n) is 10.2. The van der Waals surface area contributed by atoms with E-state index in [1.807, 2.05) is 47.8 Å². The van der Waals surface area contributed by atoms with Crippen LogP contribution in [0, 0.1) is 17.2 Å². The highest BCUT2D eigenvalue weighted by Crippen LogP contribution is 2.53. The van der Waals surface area contributed by atoms with Crippen molar-refractivity contribution in [3.63, 3.8) is 0 Å². The van der Waals surface area contributed by atoms with E-state index in [0.29, 0.717) is 16.6 Å². The van der Waals surface area contributed by atoms with Gasteiger partial charge >= 0.3 is 0 Å². The zero-order chi connectivity index (χ0) is 21.1. The molecule has 1 aromatic heterocycles. The normalized spacial score (nSPS) is 23.4. The van der Waals surface area contributed by atoms with Crippen molar-refractivity contribution in [2.24, 2.45) is 16.6 Å². The quantitative estimate of drug-likeness (QED) is 0.575. The second-order valence-corrected chi connectivity index (χ2v) is 9.99. The maximum atomic E-state index is 9.28. The SMILES string of the molecule is C=C/C=C(\C=C)CC1CCc2sc(-c3cccc(C#N)c3)cc2C12CCSC(N)=N2. The molecule has 2 atom stereocenters. The van der Waals surface area contributed by atoms with Crippen molar-refractivity contribution in [2.45, 2.75) is 31.2 Å². The minimum atomic E-state index is -0.284. The number of fused-ring (bicyclic) bond motifs is 2. The van der Waals surface area contributed by atoms with Crippen LogP contribution in [0.15, 0.2) is 72.3 Å². The fourth-order valence-electron chi connectivity index (χ4n) is 4.64. The summed E-state index contributed by atoms with van der Waals surface area (Å²) in [6.07, 6.45) is 9.85. The maximum Gasteiger partial charge on any atom is 0.154 e. The van der Waals surface area contributed by atoms with Crippen LogP contribution < -0.4 is 5.73 Å². The Morgan fingerprint density at radius 1 is 1.37 bits per heavy atom. The Morgan fingerprint density at radius 2 is 2.23 bits per heavy atom. The standard InChI is InChI=1S/C25H25N3S2/c1-3-6-17(4-2)14-20-9-10-22-21(25(20)11-12-29-24(27)28-25)15-23(30-22)19-8-5-7-18(13-19)16-26/h3-8,13,15,20H,1-2,9-12,14H2,(H2,27,28)/b17-6+. The van der Waals surface area contributed by atoms with Gasteiger partial charge in [-0.05, 0) is 66.5 Å². The molecule has 0 saturated carbocycles. The number of hydrogen-bond donors (Lipinski definition) is 1. The van der Waals surface area contributed by atoms with Crippen molar-refractivity contribution in [1.29, 1.82) is 5.26 Å². The Morgan fingerprint density at radius 3 is 2.97 bits per heavy atom. The van der Waals surface area contributed by atoms with Crippen molar-refractivity contribution in [1.82, 2.24) is 0 Å². The number of nitriles is 1. The zero-order valence-corrected chi connectivity index (χ0v) is 18.6. The fourth-order valence-corrected chi connectivity index (χ4v) is 6.74. The van der Waals surface area contributed by atoms with Gasteiger partial charge in [-0.1, -0.05) is 55.3 Å². The third-order valence-electron chi connectivity index (χ3n) is 6.07. The Kier molecular flexibility index (Phi) is 5.99. The lowest BCUT2D eigenvalue weighted by Gasteiger charge is -2.43. The van der Waals surface area contributed by atoms with E-state index < -0.39 is 0 Å². The zero-order valence-electron chi connectivity index (χ0n) is 16.9. The van der Waals surface area contributed by atoms with Crippen LogP contribution in [0.2, 0.25) is 0 Å². The predicted octanol–water partition coefficient (Wildman–Crippen LogP) is 6.18. The van der Waals surface area contributed by atoms with Crippen molar-refractivity contribution in [2.75, 3.05) is 5.75 Å². The van der Waals surface area contributed by atoms with E-state index in [0.717, 1.165) is 37.0 Å². The topological polar surface area (TPSA) is 62.2 Å². The van der Waals surface area contributed by atoms with Gasteiger partial charge in [0.25, 0.3) is 0 Å². The molecule has 2 aromatic rings. The first-order valence-corrected chi connectivity index (χ1v) is 12.0. The summed E-state index contributed by atoms with van der Waals surface area (Å²) in [5.74, 6) is 1.36. The molecule has 1 spiro atoms. The summed E-state index contributed by atoms with van der Waals surface area (Å²) in [7, 11) is 0. The number of rotatable bonds is 5. The highest BCUT2D eigenvalue weighted by atomic mass is 32.2. The number of nitrogens with zero attached hydrogens (tertiary/aromatic N) is 2. The molecule has 2 heterocycles. The number of aryl methyl sites for hydroxylation is 1. The summed E-state index contributed by atoms with van der Waals surface area (Å²) >= 11 is 3.49. The minimum absolute atomic E-state index is 0.284. The summed E-state index contributed by atoms with van der Waals surface area (Å²) in [5.41, 5.74) is 10.3. The summed E-state index contributed by atoms with van der Waals surface area (Å²) in [4.78, 5) is 7.71. The maximum absolute atomic E-state index is 9.28. The van der Waals surface area contributed by atoms with Crippen LogP contribution in [0.5, 0.6) is 0 Å². The van der Waals surface area contributed by atoms with Crippen LogP contribution in [0.3, 0.4) is 0 Å². The monoisotopic (exact) mass is 431 g/mol. The van der Waals surface area contributed by atoms with Crippen molar-refractivity contribution >= 4 is 28.3 Å². The van der Waals surface area contributed by atoms with Gasteiger partial charge in [0.05, 0.1) is 17.2 Å². The molecule has 152 valence electrons. The number of amidine groups is 1. The molecule has 0 bridgehead atoms. The number of hydrogen-bond acceptors (Lipinski definition) is 5. The first-order chi connectivity index (χ1) is 14.6. The van der Waals surface area contributed by atoms with Crippen LogP contribution in [0.1, 0.15) is 35.3 Å². The molecule has 1 aliphatic heterocycles. The Labute approximate surface area is 186 Å². The Balaban J connectivity index is 1.81. The molecule has 2 unspecified atom stereocenters. The molecule has 1 aliphatic carbocycles. The van der Waals surface area contributed by atoms with E-state index in [9.17, 15) is 5.26 Å². The van der Waals surface area contributed by atoms with E-state index in [1.165, 1.54) is 20.9 Å². The average Bonchev–Trinajstić information content (AvgIpc) is 3.21. The molecule has 2 aliphatic rings. The van der Waals surface area contributed by atoms with Gasteiger partial charge in [-0.2, -0.15) is 5.26 Å². The van der Waals surface area contributed by atoms with Gasteiger partial charge in [-0.3, -0.25) is 4.99 Å². The van der Waals surface area contributed by atoms with Gasteiger partial charge in [0.2, 0.25) is 0 Å². The molecular formula is C25H25N3S2. The second-order valence-electron chi connectivity index (χ2n) is 7.73. The summed E-state index contributed by atoms with van der Waals surface area (Å²) in [6.45, 7) is 7.84. The molecule has 0 fully saturated rings. The molecule has 0 radical (unpaired) electrons. The predicted molar refractivity (Wildman–Crippen MR) is 130 cm³/mol. The molecule has 2 N–H and O–H groups in total. The lowest BCUT2D eigenvalue weighted by Crippen LogP contribution is -2.41. The minimum Gasteiger partial charge on any atom is -0.379 e. The average molecular weight is 432 g/mol. The van der Waals surface area contributed by atoms with E-state index in [1.54, 1.807) is 11.8 Å². The molecule has 4 rings (SSSR count). The fraction of sp³-hybridized carbons (Fsp3) is 0.280. The first kappa shape index (κ1) is 20.7. The lowest BCUT2D eigenvalue weighted by atomic mass is 9.68. The third kappa shape index (κ3) is 3.78. The van der Waals surface area contributed by atoms with Crippen molar-refractivity contribution < 1.29 is 0 Å². The highest BCUT2D eigenvalue weighted by Gasteiger charge is 2.46. The van der Waals surface area contributed by atoms with Gasteiger partial charge in [-0.25, -0.2) is 0 Å². The summed E-state index contributed by atoms with van der Waals surface area (Å²) in [6, 6.07) is 12.4. The van der Waals surface area contributed by atoms with Gasteiger partial charge < -0.3 is 5.73 Å². The lowest BCUT2D eigenvalue weighted by molar-refractivity contribution is 0.235. The number of nitrogens with two attached hydrogens (primary N) is 1. The van der Waals surface area contributed by atoms with Crippen LogP contribution >= 0.6 is 23.1 Å². The van der Waals surface area contributed by atoms with Crippen LogP contribution in [0.25, 0.3) is 10.4 Å². The number of benzene rings is 1. The number of thioether (sulfide) groups is 1. The molecule has 3 nitrogen and oxygen atoms in total. The highest BCUT2D eigenvalue weighted by molar-refractivity contribution is 8.13. The van der Waals surface area contributed by atoms with Crippen LogP contribution in [0.4, 0.5) is 0 Å². The van der Waals surface area contributed by atoms with E-state index >= 15 is 0 Å². The largest absolute Gasteiger partial charge is 0.379 e. The number of aliphatic imine (C=N–C) groups is 1. The van der Waals surface area contributed by atoms with E-state index in [-0.39, 0.29) is 5.54 Å². The Bertz CT molecular complexity index is 1090. The molecule has 5 heteroatoms. The van der Waals surface area contributed by atoms with Gasteiger partial charge in [-0.15, -0.1) is 11.3 Å². The van der Waals surface area contributed by atoms with Crippen LogP contribution in [-0.4, -0.2) is 10.9 Å². The second kappa shape index (κ2) is 8.67. The van der Waals surface area contributed by atoms with E-state index in [2.05, 4.69) is 31.4 Å². The van der Waals surface area contributed by atoms with Gasteiger partial charge in [0.15, 0.2) is 5.17 Å². The molecule has 0 saturated heterocycles. The van der Waals surface area contributed by atoms with Crippen molar-refractivity contribution in [3.05, 3.63) is 83.3 Å². The third-order valence-corrected chi connectivity index (χ3v) is 8.11. The molecule has 30 heavy (non-hydrogen) atoms.